The van der Waals surface area contributed by atoms with Gasteiger partial charge in [-0.1, -0.05) is 59.3 Å². The molecule has 3 rings (SSSR count). The lowest BCUT2D eigenvalue weighted by molar-refractivity contribution is 0.198. The third kappa shape index (κ3) is 3.60. The Hall–Kier alpha value is -1.16. The summed E-state index contributed by atoms with van der Waals surface area (Å²) < 4.78 is 1.15. The van der Waals surface area contributed by atoms with Crippen molar-refractivity contribution in [2.75, 3.05) is 26.2 Å². The fraction of sp³-hybridized carbons (Fsp3) is 0.368. The van der Waals surface area contributed by atoms with Gasteiger partial charge in [0, 0.05) is 30.7 Å². The van der Waals surface area contributed by atoms with Crippen LogP contribution in [0.5, 0.6) is 0 Å². The molecule has 3 heteroatoms. The van der Waals surface area contributed by atoms with E-state index in [-0.39, 0.29) is 0 Å². The zero-order chi connectivity index (χ0) is 15.4. The molecule has 1 aliphatic rings. The molecule has 1 unspecified atom stereocenters. The summed E-state index contributed by atoms with van der Waals surface area (Å²) in [5.74, 6) is 0. The summed E-state index contributed by atoms with van der Waals surface area (Å²) in [5, 5.41) is 3.45. The number of benzene rings is 2. The summed E-state index contributed by atoms with van der Waals surface area (Å²) in [6.07, 6.45) is 1.09. The highest BCUT2D eigenvalue weighted by atomic mass is 79.9. The topological polar surface area (TPSA) is 15.3 Å². The van der Waals surface area contributed by atoms with Crippen molar-refractivity contribution < 1.29 is 0 Å². The first-order valence-electron chi connectivity index (χ1n) is 8.07. The van der Waals surface area contributed by atoms with Crippen molar-refractivity contribution in [3.05, 3.63) is 69.7 Å². The number of nitrogens with one attached hydrogen (secondary N) is 1. The van der Waals surface area contributed by atoms with Gasteiger partial charge in [-0.3, -0.25) is 4.90 Å². The molecule has 0 aliphatic carbocycles. The minimum absolute atomic E-state index is 0.338. The monoisotopic (exact) mass is 358 g/mol. The number of halogens is 1. The lowest BCUT2D eigenvalue weighted by atomic mass is 9.95. The predicted molar refractivity (Wildman–Crippen MR) is 96.2 cm³/mol. The largest absolute Gasteiger partial charge is 0.314 e. The number of piperazine rings is 1. The minimum Gasteiger partial charge on any atom is -0.314 e. The van der Waals surface area contributed by atoms with Crippen molar-refractivity contribution in [3.8, 4) is 0 Å². The van der Waals surface area contributed by atoms with Crippen LogP contribution in [0.4, 0.5) is 0 Å². The van der Waals surface area contributed by atoms with Crippen molar-refractivity contribution >= 4 is 15.9 Å². The second-order valence-electron chi connectivity index (χ2n) is 5.84. The fourth-order valence-electron chi connectivity index (χ4n) is 3.17. The standard InChI is InChI=1S/C19H23BrN2/c1-2-15-6-8-16(9-7-15)19(22-12-10-21-11-13-22)17-4-3-5-18(20)14-17/h3-9,14,19,21H,2,10-13H2,1H3. The first-order chi connectivity index (χ1) is 10.8. The van der Waals surface area contributed by atoms with E-state index in [9.17, 15) is 0 Å². The molecule has 22 heavy (non-hydrogen) atoms. The van der Waals surface area contributed by atoms with Gasteiger partial charge in [0.15, 0.2) is 0 Å². The molecule has 1 atom stereocenters. The van der Waals surface area contributed by atoms with Gasteiger partial charge in [-0.25, -0.2) is 0 Å². The van der Waals surface area contributed by atoms with Crippen LogP contribution in [0.25, 0.3) is 0 Å². The minimum atomic E-state index is 0.338. The Morgan fingerprint density at radius 1 is 1.05 bits per heavy atom. The molecular weight excluding hydrogens is 336 g/mol. The first-order valence-corrected chi connectivity index (χ1v) is 8.86. The van der Waals surface area contributed by atoms with Crippen molar-refractivity contribution in [2.24, 2.45) is 0 Å². The van der Waals surface area contributed by atoms with E-state index in [0.717, 1.165) is 37.1 Å². The summed E-state index contributed by atoms with van der Waals surface area (Å²) in [7, 11) is 0. The number of rotatable bonds is 4. The number of nitrogens with zero attached hydrogens (tertiary/aromatic N) is 1. The van der Waals surface area contributed by atoms with Gasteiger partial charge in [-0.15, -0.1) is 0 Å². The number of hydrogen-bond acceptors (Lipinski definition) is 2. The summed E-state index contributed by atoms with van der Waals surface area (Å²) >= 11 is 3.62. The Balaban J connectivity index is 1.97. The van der Waals surface area contributed by atoms with Gasteiger partial charge < -0.3 is 5.32 Å². The maximum absolute atomic E-state index is 3.62. The first kappa shape index (κ1) is 15.7. The van der Waals surface area contributed by atoms with Gasteiger partial charge in [0.1, 0.15) is 0 Å². The van der Waals surface area contributed by atoms with Crippen LogP contribution in [-0.2, 0) is 6.42 Å². The van der Waals surface area contributed by atoms with Crippen LogP contribution in [0.15, 0.2) is 53.0 Å². The molecular formula is C19H23BrN2. The summed E-state index contributed by atoms with van der Waals surface area (Å²) in [5.41, 5.74) is 4.15. The molecule has 1 aliphatic heterocycles. The lowest BCUT2D eigenvalue weighted by Crippen LogP contribution is -2.45. The number of aryl methyl sites for hydroxylation is 1. The Morgan fingerprint density at radius 3 is 2.41 bits per heavy atom. The predicted octanol–water partition coefficient (Wildman–Crippen LogP) is 4.01. The van der Waals surface area contributed by atoms with Crippen LogP contribution in [0.2, 0.25) is 0 Å². The maximum Gasteiger partial charge on any atom is 0.0603 e. The van der Waals surface area contributed by atoms with Gasteiger partial charge >= 0.3 is 0 Å². The van der Waals surface area contributed by atoms with Crippen LogP contribution < -0.4 is 5.32 Å². The van der Waals surface area contributed by atoms with Crippen molar-refractivity contribution in [3.63, 3.8) is 0 Å². The third-order valence-electron chi connectivity index (χ3n) is 4.38. The zero-order valence-corrected chi connectivity index (χ0v) is 14.6. The molecule has 1 fully saturated rings. The van der Waals surface area contributed by atoms with Gasteiger partial charge in [-0.2, -0.15) is 0 Å². The quantitative estimate of drug-likeness (QED) is 0.888. The molecule has 0 aromatic heterocycles. The highest BCUT2D eigenvalue weighted by molar-refractivity contribution is 9.10. The zero-order valence-electron chi connectivity index (χ0n) is 13.1. The van der Waals surface area contributed by atoms with Crippen LogP contribution in [0, 0.1) is 0 Å². The van der Waals surface area contributed by atoms with E-state index in [0.29, 0.717) is 6.04 Å². The smallest absolute Gasteiger partial charge is 0.0603 e. The molecule has 0 spiro atoms. The molecule has 2 aromatic rings. The Bertz CT molecular complexity index is 603. The Morgan fingerprint density at radius 2 is 1.77 bits per heavy atom. The maximum atomic E-state index is 3.62. The van der Waals surface area contributed by atoms with Gasteiger partial charge in [0.2, 0.25) is 0 Å². The summed E-state index contributed by atoms with van der Waals surface area (Å²) in [6, 6.07) is 18.2. The van der Waals surface area contributed by atoms with Crippen LogP contribution in [0.1, 0.15) is 29.7 Å². The van der Waals surface area contributed by atoms with Gasteiger partial charge in [0.05, 0.1) is 6.04 Å². The fourth-order valence-corrected chi connectivity index (χ4v) is 3.58. The van der Waals surface area contributed by atoms with E-state index in [1.807, 2.05) is 0 Å². The van der Waals surface area contributed by atoms with Gasteiger partial charge in [0.25, 0.3) is 0 Å². The van der Waals surface area contributed by atoms with E-state index in [2.05, 4.69) is 81.6 Å². The van der Waals surface area contributed by atoms with Crippen LogP contribution >= 0.6 is 15.9 Å². The molecule has 1 N–H and O–H groups in total. The molecule has 116 valence electrons. The van der Waals surface area contributed by atoms with E-state index >= 15 is 0 Å². The molecule has 0 saturated carbocycles. The van der Waals surface area contributed by atoms with Crippen LogP contribution in [-0.4, -0.2) is 31.1 Å². The Labute approximate surface area is 141 Å². The van der Waals surface area contributed by atoms with Crippen LogP contribution in [0.3, 0.4) is 0 Å². The normalized spacial score (nSPS) is 17.4. The molecule has 0 bridgehead atoms. The third-order valence-corrected chi connectivity index (χ3v) is 4.88. The molecule has 2 aromatic carbocycles. The van der Waals surface area contributed by atoms with E-state index in [4.69, 9.17) is 0 Å². The molecule has 0 radical (unpaired) electrons. The van der Waals surface area contributed by atoms with E-state index in [1.54, 1.807) is 0 Å². The Kier molecular flexibility index (Phi) is 5.29. The molecule has 0 amide bonds. The average molecular weight is 359 g/mol. The molecule has 1 heterocycles. The molecule has 2 nitrogen and oxygen atoms in total. The molecule has 1 saturated heterocycles. The second kappa shape index (κ2) is 7.40. The van der Waals surface area contributed by atoms with Gasteiger partial charge in [-0.05, 0) is 35.2 Å². The average Bonchev–Trinajstić information content (AvgIpc) is 2.57. The van der Waals surface area contributed by atoms with Crippen molar-refractivity contribution in [1.29, 1.82) is 0 Å². The van der Waals surface area contributed by atoms with E-state index in [1.165, 1.54) is 16.7 Å². The SMILES string of the molecule is CCc1ccc(C(c2cccc(Br)c2)N2CCNCC2)cc1. The lowest BCUT2D eigenvalue weighted by Gasteiger charge is -2.35. The number of hydrogen-bond donors (Lipinski definition) is 1. The summed E-state index contributed by atoms with van der Waals surface area (Å²) in [4.78, 5) is 2.58. The second-order valence-corrected chi connectivity index (χ2v) is 6.75. The summed E-state index contributed by atoms with van der Waals surface area (Å²) in [6.45, 7) is 6.52. The van der Waals surface area contributed by atoms with Crippen molar-refractivity contribution in [2.45, 2.75) is 19.4 Å². The van der Waals surface area contributed by atoms with Crippen molar-refractivity contribution in [1.82, 2.24) is 10.2 Å². The highest BCUT2D eigenvalue weighted by Gasteiger charge is 2.23. The van der Waals surface area contributed by atoms with E-state index < -0.39 is 0 Å². The highest BCUT2D eigenvalue weighted by Crippen LogP contribution is 2.30.